The molecule has 0 radical (unpaired) electrons. The van der Waals surface area contributed by atoms with E-state index in [1.807, 2.05) is 0 Å². The maximum absolute atomic E-state index is 8.25. The first-order valence-electron chi connectivity index (χ1n) is 3.59. The molecule has 0 aromatic rings. The van der Waals surface area contributed by atoms with Gasteiger partial charge in [0.15, 0.2) is 0 Å². The molecule has 0 aliphatic carbocycles. The second-order valence-electron chi connectivity index (χ2n) is 1.40. The molecule has 0 fully saturated rings. The molecule has 0 saturated carbocycles. The second kappa shape index (κ2) is 56.2. The number of halogens is 2. The van der Waals surface area contributed by atoms with Crippen LogP contribution in [0.4, 0.5) is 0 Å². The van der Waals surface area contributed by atoms with E-state index in [9.17, 15) is 0 Å². The summed E-state index contributed by atoms with van der Waals surface area (Å²) in [5.74, 6) is 0. The van der Waals surface area contributed by atoms with E-state index in [1.54, 1.807) is 0 Å². The van der Waals surface area contributed by atoms with E-state index in [1.165, 1.54) is 0 Å². The molecular weight excluding hydrogens is 574 g/mol. The molecule has 0 aliphatic rings. The van der Waals surface area contributed by atoms with Crippen molar-refractivity contribution in [3.05, 3.63) is 91.9 Å². The van der Waals surface area contributed by atoms with Gasteiger partial charge < -0.3 is 91.9 Å². The predicted octanol–water partition coefficient (Wildman–Crippen LogP) is -0.507. The van der Waals surface area contributed by atoms with Crippen molar-refractivity contribution in [3.8, 4) is 0 Å². The molecule has 0 rings (SSSR count). The molecule has 0 saturated heterocycles. The molecule has 0 bridgehead atoms. The molecular formula is Cl2MgN6O19Zr. The molecule has 0 aromatic carbocycles. The van der Waals surface area contributed by atoms with Crippen molar-refractivity contribution < 1.29 is 60.6 Å². The van der Waals surface area contributed by atoms with Gasteiger partial charge in [-0.3, -0.25) is 0 Å². The Morgan fingerprint density at radius 3 is 0.414 bits per heavy atom. The van der Waals surface area contributed by atoms with Gasteiger partial charge in [-0.15, -0.1) is 0 Å². The van der Waals surface area contributed by atoms with Gasteiger partial charge in [-0.1, -0.05) is 0 Å². The summed E-state index contributed by atoms with van der Waals surface area (Å²) < 4.78 is 3.19. The van der Waals surface area contributed by atoms with Crippen LogP contribution in [-0.4, -0.2) is 53.6 Å². The van der Waals surface area contributed by atoms with Crippen LogP contribution in [0.15, 0.2) is 0 Å². The third-order valence-electron chi connectivity index (χ3n) is 0. The topological polar surface area (TPSA) is 406 Å². The Kier molecular flexibility index (Phi) is 109. The Morgan fingerprint density at radius 1 is 0.414 bits per heavy atom. The maximum Gasteiger partial charge on any atom is 4.00 e. The van der Waals surface area contributed by atoms with Gasteiger partial charge in [0.1, 0.15) is 0 Å². The van der Waals surface area contributed by atoms with Crippen LogP contribution in [0.25, 0.3) is 0 Å². The van der Waals surface area contributed by atoms with Crippen molar-refractivity contribution >= 4 is 46.8 Å². The number of hydrogen-bond acceptors (Lipinski definition) is 19. The zero-order valence-corrected chi connectivity index (χ0v) is 17.8. The minimum Gasteiger partial charge on any atom is -0.356 e. The fourth-order valence-electron chi connectivity index (χ4n) is 0. The largest absolute Gasteiger partial charge is 4.00 e. The van der Waals surface area contributed by atoms with Gasteiger partial charge in [-0.25, -0.2) is 0 Å². The third-order valence-corrected chi connectivity index (χ3v) is 0. The summed E-state index contributed by atoms with van der Waals surface area (Å²) in [6.45, 7) is 0. The quantitative estimate of drug-likeness (QED) is 0.199. The molecule has 29 heteroatoms. The molecule has 0 unspecified atom stereocenters. The third kappa shape index (κ3) is 2040. The fourth-order valence-corrected chi connectivity index (χ4v) is 0. The first-order chi connectivity index (χ1) is 11.8. The summed E-state index contributed by atoms with van der Waals surface area (Å²) in [4.78, 5) is 49.5. The van der Waals surface area contributed by atoms with Crippen LogP contribution in [0.3, 0.4) is 0 Å². The van der Waals surface area contributed by atoms with Crippen molar-refractivity contribution in [2.75, 3.05) is 0 Å². The Hall–Kier alpha value is -2.61. The van der Waals surface area contributed by atoms with Crippen molar-refractivity contribution in [1.82, 2.24) is 0 Å². The Morgan fingerprint density at radius 2 is 0.414 bits per heavy atom. The average molecular weight is 574 g/mol. The summed E-state index contributed by atoms with van der Waals surface area (Å²) >= 11 is 8.53. The van der Waals surface area contributed by atoms with Crippen LogP contribution in [-0.2, 0) is 30.0 Å². The predicted molar refractivity (Wildman–Crippen MR) is 80.7 cm³/mol. The second-order valence-corrected chi connectivity index (χ2v) is 1.87. The zero-order valence-electron chi connectivity index (χ0n) is 12.4. The van der Waals surface area contributed by atoms with Gasteiger partial charge >= 0.3 is 49.3 Å². The Balaban J connectivity index is -0.0000000228. The average Bonchev–Trinajstić information content (AvgIpc) is 2.22. The van der Waals surface area contributed by atoms with Crippen molar-refractivity contribution in [2.45, 2.75) is 0 Å². The molecule has 25 nitrogen and oxygen atoms in total. The Labute approximate surface area is 198 Å². The zero-order chi connectivity index (χ0) is 24.2. The molecule has 164 valence electrons. The molecule has 0 aromatic heterocycles. The van der Waals surface area contributed by atoms with Crippen LogP contribution in [0.5, 0.6) is 0 Å². The van der Waals surface area contributed by atoms with Gasteiger partial charge in [0.2, 0.25) is 0 Å². The number of rotatable bonds is 0. The van der Waals surface area contributed by atoms with Crippen LogP contribution in [0.1, 0.15) is 0 Å². The summed E-state index contributed by atoms with van der Waals surface area (Å²) in [5.41, 5.74) is 0. The van der Waals surface area contributed by atoms with Gasteiger partial charge in [0, 0.05) is 0 Å². The molecule has 29 heavy (non-hydrogen) atoms. The van der Waals surface area contributed by atoms with Gasteiger partial charge in [-0.2, -0.15) is 3.84 Å². The monoisotopic (exact) mass is 572 g/mol. The van der Waals surface area contributed by atoms with E-state index in [4.69, 9.17) is 91.9 Å². The molecule has 0 heterocycles. The van der Waals surface area contributed by atoms with E-state index in [0.717, 1.165) is 0 Å². The maximum atomic E-state index is 8.25. The summed E-state index contributed by atoms with van der Waals surface area (Å²) in [7, 11) is 0. The van der Waals surface area contributed by atoms with Crippen molar-refractivity contribution in [2.24, 2.45) is 0 Å². The van der Waals surface area contributed by atoms with Gasteiger partial charge in [-0.05, 0) is 0 Å². The standard InChI is InChI=1S/Cl2O.Mg.6NO3.Zr/c1-3-2;;6*2-1(3)4;/q;+2;6*-1;+4. The molecule has 0 N–H and O–H groups in total. The summed E-state index contributed by atoms with van der Waals surface area (Å²) in [6, 6.07) is 0. The molecule has 0 spiro atoms. The summed E-state index contributed by atoms with van der Waals surface area (Å²) in [6.07, 6.45) is 0. The fraction of sp³-hybridized carbons (Fsp3) is 0. The first kappa shape index (κ1) is 56.3. The van der Waals surface area contributed by atoms with E-state index in [2.05, 4.69) is 27.6 Å². The van der Waals surface area contributed by atoms with E-state index in [0.29, 0.717) is 0 Å². The summed E-state index contributed by atoms with van der Waals surface area (Å²) in [5, 5.41) is 88.5. The van der Waals surface area contributed by atoms with Crippen LogP contribution < -0.4 is 0 Å². The van der Waals surface area contributed by atoms with Gasteiger partial charge in [0.25, 0.3) is 0 Å². The smallest absolute Gasteiger partial charge is 0.356 e. The minimum atomic E-state index is -1.75. The van der Waals surface area contributed by atoms with Crippen LogP contribution in [0, 0.1) is 91.9 Å². The van der Waals surface area contributed by atoms with Crippen LogP contribution in [0.2, 0.25) is 0 Å². The number of hydrogen-bond donors (Lipinski definition) is 0. The Bertz CT molecular complexity index is 287. The first-order valence-corrected chi connectivity index (χ1v) is 4.21. The molecule has 0 atom stereocenters. The van der Waals surface area contributed by atoms with E-state index >= 15 is 0 Å². The SMILES string of the molecule is ClOCl.O=[N+]([O-])[O-].O=[N+]([O-])[O-].O=[N+]([O-])[O-].O=[N+]([O-])[O-].O=[N+]([O-])[O-].O=[N+]([O-])[O-].[Mg+2].[Zr+4]. The minimum absolute atomic E-state index is 0. The van der Waals surface area contributed by atoms with Crippen molar-refractivity contribution in [1.29, 1.82) is 0 Å². The number of nitrogens with zero attached hydrogens (tertiary/aromatic N) is 6. The van der Waals surface area contributed by atoms with E-state index in [-0.39, 0.29) is 49.3 Å². The van der Waals surface area contributed by atoms with Crippen molar-refractivity contribution in [3.63, 3.8) is 0 Å². The van der Waals surface area contributed by atoms with E-state index < -0.39 is 30.5 Å². The van der Waals surface area contributed by atoms with Crippen LogP contribution >= 0.6 is 23.7 Å². The molecule has 0 aliphatic heterocycles. The normalized spacial score (nSPS) is 5.59. The molecule has 0 amide bonds. The van der Waals surface area contributed by atoms with Gasteiger partial charge in [0.05, 0.1) is 54.3 Å².